The van der Waals surface area contributed by atoms with Crippen molar-refractivity contribution in [3.63, 3.8) is 0 Å². The van der Waals surface area contributed by atoms with Crippen molar-refractivity contribution in [1.29, 1.82) is 0 Å². The molecule has 0 aliphatic heterocycles. The monoisotopic (exact) mass is 201 g/mol. The predicted molar refractivity (Wildman–Crippen MR) is 30.0 cm³/mol. The van der Waals surface area contributed by atoms with Gasteiger partial charge in [0.05, 0.1) is 0 Å². The van der Waals surface area contributed by atoms with Gasteiger partial charge >= 0.3 is 43.1 Å². The fraction of sp³-hybridized carbons (Fsp3) is 1.00. The molecule has 0 fully saturated rings. The van der Waals surface area contributed by atoms with E-state index in [1.54, 1.807) is 0 Å². The second-order valence-electron chi connectivity index (χ2n) is 1.68. The van der Waals surface area contributed by atoms with E-state index in [1.165, 1.54) is 23.3 Å². The molecule has 0 spiro atoms. The van der Waals surface area contributed by atoms with Gasteiger partial charge in [-0.15, -0.1) is 17.0 Å². The standard InChI is InChI=1S/C4H9.BrH.Zn/c1-4(2)3;;/h4H,1H2,2-3H3;1H;. The van der Waals surface area contributed by atoms with Crippen LogP contribution in [0.5, 0.6) is 0 Å². The van der Waals surface area contributed by atoms with Gasteiger partial charge in [-0.3, -0.25) is 0 Å². The second-order valence-corrected chi connectivity index (χ2v) is 2.89. The summed E-state index contributed by atoms with van der Waals surface area (Å²) in [6, 6.07) is 0. The Bertz CT molecular complexity index is 21.5. The van der Waals surface area contributed by atoms with E-state index in [4.69, 9.17) is 0 Å². The first-order valence-electron chi connectivity index (χ1n) is 2.06. The Labute approximate surface area is 60.1 Å². The third-order valence-electron chi connectivity index (χ3n) is 0.577. The Morgan fingerprint density at radius 1 is 1.50 bits per heavy atom. The summed E-state index contributed by atoms with van der Waals surface area (Å²) in [5, 5.41) is 1.43. The molecule has 35 valence electrons. The van der Waals surface area contributed by atoms with Crippen molar-refractivity contribution in [3.05, 3.63) is 0 Å². The van der Waals surface area contributed by atoms with E-state index in [9.17, 15) is 0 Å². The molecular weight excluding hydrogens is 193 g/mol. The molecule has 0 bridgehead atoms. The molecule has 0 amide bonds. The van der Waals surface area contributed by atoms with Gasteiger partial charge in [-0.1, -0.05) is 0 Å². The maximum atomic E-state index is 2.25. The number of hydrogen-bond acceptors (Lipinski definition) is 0. The van der Waals surface area contributed by atoms with E-state index in [1.807, 2.05) is 0 Å². The zero-order valence-electron chi connectivity index (χ0n) is 4.40. The molecule has 0 aromatic carbocycles. The van der Waals surface area contributed by atoms with Gasteiger partial charge in [-0.25, -0.2) is 0 Å². The summed E-state index contributed by atoms with van der Waals surface area (Å²) >= 11 is 1.46. The first kappa shape index (κ1) is 10.2. The molecule has 2 heteroatoms. The minimum absolute atomic E-state index is 0. The van der Waals surface area contributed by atoms with E-state index in [0.29, 0.717) is 0 Å². The maximum absolute atomic E-state index is 2.25. The normalized spacial score (nSPS) is 8.17. The summed E-state index contributed by atoms with van der Waals surface area (Å²) in [7, 11) is 0. The summed E-state index contributed by atoms with van der Waals surface area (Å²) in [6.07, 6.45) is 0. The average Bonchev–Trinajstić information content (AvgIpc) is 1.38. The topological polar surface area (TPSA) is 0 Å². The first-order chi connectivity index (χ1) is 2.27. The van der Waals surface area contributed by atoms with Crippen LogP contribution in [0.3, 0.4) is 0 Å². The van der Waals surface area contributed by atoms with E-state index in [-0.39, 0.29) is 17.0 Å². The third-order valence-corrected chi connectivity index (χ3v) is 3.00. The fourth-order valence-electron chi connectivity index (χ4n) is 0. The Hall–Kier alpha value is 1.10. The molecule has 0 unspecified atom stereocenters. The van der Waals surface area contributed by atoms with Crippen LogP contribution in [0.4, 0.5) is 0 Å². The average molecular weight is 203 g/mol. The fourth-order valence-corrected chi connectivity index (χ4v) is 0. The van der Waals surface area contributed by atoms with E-state index in [0.717, 1.165) is 5.92 Å². The first-order valence-corrected chi connectivity index (χ1v) is 4.16. The van der Waals surface area contributed by atoms with Gasteiger partial charge in [0.25, 0.3) is 0 Å². The van der Waals surface area contributed by atoms with Crippen LogP contribution in [0.15, 0.2) is 0 Å². The molecule has 6 heavy (non-hydrogen) atoms. The van der Waals surface area contributed by atoms with Crippen LogP contribution in [0.1, 0.15) is 13.8 Å². The summed E-state index contributed by atoms with van der Waals surface area (Å²) in [4.78, 5) is 0. The molecular formula is C4H10BrZn. The van der Waals surface area contributed by atoms with Crippen molar-refractivity contribution in [3.8, 4) is 0 Å². The van der Waals surface area contributed by atoms with Crippen molar-refractivity contribution in [2.24, 2.45) is 5.92 Å². The van der Waals surface area contributed by atoms with Crippen LogP contribution >= 0.6 is 17.0 Å². The molecule has 0 saturated heterocycles. The summed E-state index contributed by atoms with van der Waals surface area (Å²) in [5.41, 5.74) is 0. The van der Waals surface area contributed by atoms with Crippen LogP contribution in [-0.4, -0.2) is 0 Å². The minimum atomic E-state index is 0. The van der Waals surface area contributed by atoms with Crippen LogP contribution < -0.4 is 0 Å². The van der Waals surface area contributed by atoms with Gasteiger partial charge in [-0.05, 0) is 0 Å². The number of halogens is 1. The summed E-state index contributed by atoms with van der Waals surface area (Å²) < 4.78 is 0. The van der Waals surface area contributed by atoms with Gasteiger partial charge in [-0.2, -0.15) is 0 Å². The van der Waals surface area contributed by atoms with Crippen LogP contribution in [-0.2, 0) is 18.3 Å². The number of rotatable bonds is 1. The van der Waals surface area contributed by atoms with Crippen molar-refractivity contribution >= 4 is 17.0 Å². The predicted octanol–water partition coefficient (Wildman–Crippen LogP) is 2.19. The Morgan fingerprint density at radius 3 is 1.67 bits per heavy atom. The van der Waals surface area contributed by atoms with E-state index >= 15 is 0 Å². The zero-order chi connectivity index (χ0) is 4.28. The van der Waals surface area contributed by atoms with Gasteiger partial charge in [0.1, 0.15) is 0 Å². The second kappa shape index (κ2) is 6.10. The van der Waals surface area contributed by atoms with Crippen LogP contribution in [0.2, 0.25) is 5.02 Å². The van der Waals surface area contributed by atoms with Gasteiger partial charge in [0.2, 0.25) is 0 Å². The Kier molecular flexibility index (Phi) is 10.3. The van der Waals surface area contributed by atoms with Crippen molar-refractivity contribution < 1.29 is 18.3 Å². The summed E-state index contributed by atoms with van der Waals surface area (Å²) in [5.74, 6) is 0.940. The quantitative estimate of drug-likeness (QED) is 0.573. The Balaban J connectivity index is 0. The van der Waals surface area contributed by atoms with Gasteiger partial charge in [0, 0.05) is 0 Å². The molecule has 0 aromatic heterocycles. The summed E-state index contributed by atoms with van der Waals surface area (Å²) in [6.45, 7) is 4.51. The molecule has 0 rings (SSSR count). The third kappa shape index (κ3) is 8.92. The van der Waals surface area contributed by atoms with Crippen LogP contribution in [0, 0.1) is 5.92 Å². The molecule has 0 saturated carbocycles. The van der Waals surface area contributed by atoms with Gasteiger partial charge < -0.3 is 0 Å². The molecule has 0 aromatic rings. The molecule has 0 aliphatic rings. The van der Waals surface area contributed by atoms with Crippen molar-refractivity contribution in [2.75, 3.05) is 0 Å². The van der Waals surface area contributed by atoms with Crippen molar-refractivity contribution in [2.45, 2.75) is 18.9 Å². The van der Waals surface area contributed by atoms with E-state index in [2.05, 4.69) is 13.8 Å². The molecule has 0 N–H and O–H groups in total. The molecule has 0 radical (unpaired) electrons. The van der Waals surface area contributed by atoms with Crippen molar-refractivity contribution in [1.82, 2.24) is 0 Å². The molecule has 0 atom stereocenters. The molecule has 0 heterocycles. The van der Waals surface area contributed by atoms with E-state index < -0.39 is 0 Å². The van der Waals surface area contributed by atoms with Gasteiger partial charge in [0.15, 0.2) is 0 Å². The SMILES string of the molecule is Br.CC(C)[CH2][Zn]. The van der Waals surface area contributed by atoms with Crippen LogP contribution in [0.25, 0.3) is 0 Å². The molecule has 0 nitrogen and oxygen atoms in total. The number of hydrogen-bond donors (Lipinski definition) is 0. The Morgan fingerprint density at radius 2 is 1.67 bits per heavy atom. The zero-order valence-corrected chi connectivity index (χ0v) is 9.08. The molecule has 0 aliphatic carbocycles.